The SMILES string of the molecule is COC(=O)c1ccc(C(=O)OC)c(NC(=O)NCOc2ccc(C)cc2C)c1. The number of amides is 2. The van der Waals surface area contributed by atoms with Gasteiger partial charge in [0.05, 0.1) is 31.0 Å². The number of ether oxygens (including phenoxy) is 3. The van der Waals surface area contributed by atoms with Crippen molar-refractivity contribution in [1.82, 2.24) is 5.32 Å². The lowest BCUT2D eigenvalue weighted by molar-refractivity contribution is 0.0587. The Balaban J connectivity index is 2.06. The van der Waals surface area contributed by atoms with Crippen LogP contribution in [0.2, 0.25) is 0 Å². The van der Waals surface area contributed by atoms with Crippen LogP contribution in [0.3, 0.4) is 0 Å². The Bertz CT molecular complexity index is 894. The number of aryl methyl sites for hydroxylation is 2. The first-order valence-corrected chi connectivity index (χ1v) is 8.41. The molecule has 2 N–H and O–H groups in total. The van der Waals surface area contributed by atoms with E-state index in [9.17, 15) is 14.4 Å². The fourth-order valence-corrected chi connectivity index (χ4v) is 2.49. The minimum atomic E-state index is -0.654. The van der Waals surface area contributed by atoms with Crippen LogP contribution in [0.15, 0.2) is 36.4 Å². The Labute approximate surface area is 162 Å². The first-order valence-electron chi connectivity index (χ1n) is 8.41. The van der Waals surface area contributed by atoms with E-state index in [4.69, 9.17) is 9.47 Å². The first-order chi connectivity index (χ1) is 13.3. The maximum atomic E-state index is 12.2. The van der Waals surface area contributed by atoms with Crippen LogP contribution in [0.4, 0.5) is 10.5 Å². The molecule has 2 aromatic rings. The van der Waals surface area contributed by atoms with Gasteiger partial charge in [0, 0.05) is 0 Å². The highest BCUT2D eigenvalue weighted by Gasteiger charge is 2.17. The minimum Gasteiger partial charge on any atom is -0.473 e. The van der Waals surface area contributed by atoms with Gasteiger partial charge in [0.2, 0.25) is 0 Å². The Hall–Kier alpha value is -3.55. The quantitative estimate of drug-likeness (QED) is 0.584. The van der Waals surface area contributed by atoms with Gasteiger partial charge in [-0.2, -0.15) is 0 Å². The predicted molar refractivity (Wildman–Crippen MR) is 103 cm³/mol. The largest absolute Gasteiger partial charge is 0.473 e. The zero-order valence-corrected chi connectivity index (χ0v) is 16.1. The molecule has 148 valence electrons. The van der Waals surface area contributed by atoms with Crippen molar-refractivity contribution in [2.24, 2.45) is 0 Å². The van der Waals surface area contributed by atoms with Gasteiger partial charge in [0.25, 0.3) is 0 Å². The van der Waals surface area contributed by atoms with Crippen LogP contribution in [-0.2, 0) is 9.47 Å². The standard InChI is InChI=1S/C20H22N2O6/c1-12-5-8-17(13(2)9-12)28-11-21-20(25)22-16-10-14(18(23)26-3)6-7-15(16)19(24)27-4/h5-10H,11H2,1-4H3,(H2,21,22,25). The third-order valence-electron chi connectivity index (χ3n) is 3.89. The number of anilines is 1. The molecule has 8 nitrogen and oxygen atoms in total. The monoisotopic (exact) mass is 386 g/mol. The van der Waals surface area contributed by atoms with E-state index >= 15 is 0 Å². The molecule has 0 aliphatic heterocycles. The number of rotatable bonds is 6. The normalized spacial score (nSPS) is 10.0. The molecule has 0 aromatic heterocycles. The second kappa shape index (κ2) is 9.40. The van der Waals surface area contributed by atoms with Gasteiger partial charge in [-0.25, -0.2) is 14.4 Å². The van der Waals surface area contributed by atoms with Crippen molar-refractivity contribution >= 4 is 23.7 Å². The number of urea groups is 1. The summed E-state index contributed by atoms with van der Waals surface area (Å²) in [4.78, 5) is 35.8. The molecule has 0 atom stereocenters. The topological polar surface area (TPSA) is 103 Å². The van der Waals surface area contributed by atoms with Crippen LogP contribution < -0.4 is 15.4 Å². The molecule has 0 unspecified atom stereocenters. The molecule has 0 spiro atoms. The van der Waals surface area contributed by atoms with Crippen LogP contribution in [0, 0.1) is 13.8 Å². The number of nitrogens with one attached hydrogen (secondary N) is 2. The van der Waals surface area contributed by atoms with Gasteiger partial charge >= 0.3 is 18.0 Å². The van der Waals surface area contributed by atoms with E-state index in [-0.39, 0.29) is 23.5 Å². The summed E-state index contributed by atoms with van der Waals surface area (Å²) >= 11 is 0. The number of carbonyl (C=O) groups is 3. The van der Waals surface area contributed by atoms with Crippen molar-refractivity contribution < 1.29 is 28.6 Å². The summed E-state index contributed by atoms with van der Waals surface area (Å²) in [7, 11) is 2.46. The smallest absolute Gasteiger partial charge is 0.339 e. The number of methoxy groups -OCH3 is 2. The molecule has 0 aliphatic carbocycles. The Morgan fingerprint density at radius 3 is 2.29 bits per heavy atom. The predicted octanol–water partition coefficient (Wildman–Crippen LogP) is 3.03. The molecule has 0 heterocycles. The van der Waals surface area contributed by atoms with E-state index < -0.39 is 18.0 Å². The van der Waals surface area contributed by atoms with Gasteiger partial charge in [-0.1, -0.05) is 17.7 Å². The molecule has 2 amide bonds. The van der Waals surface area contributed by atoms with E-state index in [1.807, 2.05) is 32.0 Å². The van der Waals surface area contributed by atoms with Crippen molar-refractivity contribution in [3.8, 4) is 5.75 Å². The Morgan fingerprint density at radius 1 is 0.929 bits per heavy atom. The van der Waals surface area contributed by atoms with Crippen LogP contribution >= 0.6 is 0 Å². The maximum Gasteiger partial charge on any atom is 0.339 e. The van der Waals surface area contributed by atoms with Gasteiger partial charge in [0.15, 0.2) is 6.73 Å². The fraction of sp³-hybridized carbons (Fsp3) is 0.250. The summed E-state index contributed by atoms with van der Waals surface area (Å²) in [6.45, 7) is 3.80. The molecule has 2 rings (SSSR count). The average molecular weight is 386 g/mol. The summed E-state index contributed by atoms with van der Waals surface area (Å²) in [5, 5.41) is 5.04. The fourth-order valence-electron chi connectivity index (χ4n) is 2.49. The molecule has 8 heteroatoms. The summed E-state index contributed by atoms with van der Waals surface area (Å²) < 4.78 is 14.9. The Kier molecular flexibility index (Phi) is 6.97. The lowest BCUT2D eigenvalue weighted by Crippen LogP contribution is -2.32. The highest BCUT2D eigenvalue weighted by molar-refractivity contribution is 6.03. The lowest BCUT2D eigenvalue weighted by atomic mass is 10.1. The molecule has 0 aliphatic rings. The van der Waals surface area contributed by atoms with Crippen molar-refractivity contribution in [1.29, 1.82) is 0 Å². The third-order valence-corrected chi connectivity index (χ3v) is 3.89. The second-order valence-electron chi connectivity index (χ2n) is 5.93. The van der Waals surface area contributed by atoms with Crippen molar-refractivity contribution in [2.75, 3.05) is 26.3 Å². The lowest BCUT2D eigenvalue weighted by Gasteiger charge is -2.13. The molecule has 0 saturated heterocycles. The van der Waals surface area contributed by atoms with Gasteiger partial charge in [0.1, 0.15) is 5.75 Å². The average Bonchev–Trinajstić information content (AvgIpc) is 2.68. The van der Waals surface area contributed by atoms with E-state index in [2.05, 4.69) is 15.4 Å². The molecule has 0 fully saturated rings. The highest BCUT2D eigenvalue weighted by Crippen LogP contribution is 2.20. The zero-order valence-electron chi connectivity index (χ0n) is 16.1. The van der Waals surface area contributed by atoms with Crippen molar-refractivity contribution in [2.45, 2.75) is 13.8 Å². The highest BCUT2D eigenvalue weighted by atomic mass is 16.5. The number of benzene rings is 2. The molecule has 0 radical (unpaired) electrons. The van der Waals surface area contributed by atoms with E-state index in [0.29, 0.717) is 5.75 Å². The zero-order chi connectivity index (χ0) is 20.7. The number of hydrogen-bond acceptors (Lipinski definition) is 6. The molecule has 0 bridgehead atoms. The van der Waals surface area contributed by atoms with Crippen LogP contribution in [0.5, 0.6) is 5.75 Å². The summed E-state index contributed by atoms with van der Waals surface area (Å²) in [6.07, 6.45) is 0. The van der Waals surface area contributed by atoms with Gasteiger partial charge in [-0.3, -0.25) is 0 Å². The van der Waals surface area contributed by atoms with Gasteiger partial charge in [-0.05, 0) is 43.7 Å². The second-order valence-corrected chi connectivity index (χ2v) is 5.93. The van der Waals surface area contributed by atoms with Gasteiger partial charge in [-0.15, -0.1) is 0 Å². The Morgan fingerprint density at radius 2 is 1.64 bits per heavy atom. The van der Waals surface area contributed by atoms with Crippen LogP contribution in [0.1, 0.15) is 31.8 Å². The minimum absolute atomic E-state index is 0.0833. The van der Waals surface area contributed by atoms with Crippen molar-refractivity contribution in [3.63, 3.8) is 0 Å². The number of hydrogen-bond donors (Lipinski definition) is 2. The molecule has 28 heavy (non-hydrogen) atoms. The number of esters is 2. The molecule has 0 saturated carbocycles. The maximum absolute atomic E-state index is 12.2. The van der Waals surface area contributed by atoms with E-state index in [0.717, 1.165) is 11.1 Å². The first kappa shape index (κ1) is 20.8. The molecular formula is C20H22N2O6. The van der Waals surface area contributed by atoms with Gasteiger partial charge < -0.3 is 24.8 Å². The van der Waals surface area contributed by atoms with E-state index in [1.165, 1.54) is 32.4 Å². The van der Waals surface area contributed by atoms with Crippen LogP contribution in [-0.4, -0.2) is 38.9 Å². The summed E-state index contributed by atoms with van der Waals surface area (Å²) in [6, 6.07) is 9.20. The summed E-state index contributed by atoms with van der Waals surface area (Å²) in [5.41, 5.74) is 2.44. The number of carbonyl (C=O) groups excluding carboxylic acids is 3. The molecular weight excluding hydrogens is 364 g/mol. The van der Waals surface area contributed by atoms with Crippen molar-refractivity contribution in [3.05, 3.63) is 58.7 Å². The molecule has 2 aromatic carbocycles. The summed E-state index contributed by atoms with van der Waals surface area (Å²) in [5.74, 6) is -0.606. The van der Waals surface area contributed by atoms with Crippen LogP contribution in [0.25, 0.3) is 0 Å². The van der Waals surface area contributed by atoms with E-state index in [1.54, 1.807) is 0 Å². The third kappa shape index (κ3) is 5.23.